The van der Waals surface area contributed by atoms with Gasteiger partial charge in [0.1, 0.15) is 18.2 Å². The van der Waals surface area contributed by atoms with Crippen LogP contribution < -0.4 is 5.73 Å². The molecular weight excluding hydrogens is 410 g/mol. The van der Waals surface area contributed by atoms with E-state index in [1.807, 2.05) is 0 Å². The fourth-order valence-corrected chi connectivity index (χ4v) is 3.18. The Bertz CT molecular complexity index is 965. The molecule has 1 aliphatic heterocycles. The molecule has 4 atom stereocenters. The van der Waals surface area contributed by atoms with E-state index in [4.69, 9.17) is 36.3 Å². The van der Waals surface area contributed by atoms with Crippen LogP contribution in [0.4, 0.5) is 5.82 Å². The predicted molar refractivity (Wildman–Crippen MR) is 96.4 cm³/mol. The molecule has 1 fully saturated rings. The molecule has 0 amide bonds. The minimum absolute atomic E-state index is 0.0498. The summed E-state index contributed by atoms with van der Waals surface area (Å²) in [4.78, 5) is 46.6. The van der Waals surface area contributed by atoms with Gasteiger partial charge < -0.3 is 24.7 Å². The lowest BCUT2D eigenvalue weighted by molar-refractivity contribution is -0.166. The molecule has 1 aliphatic rings. The number of anilines is 1. The van der Waals surface area contributed by atoms with Crippen LogP contribution in [0, 0.1) is 0 Å². The lowest BCUT2D eigenvalue weighted by Crippen LogP contribution is -2.40. The maximum absolute atomic E-state index is 11.7. The third-order valence-electron chi connectivity index (χ3n) is 4.04. The van der Waals surface area contributed by atoms with Crippen LogP contribution >= 0.6 is 11.6 Å². The van der Waals surface area contributed by atoms with E-state index < -0.39 is 42.4 Å². The van der Waals surface area contributed by atoms with Crippen LogP contribution in [-0.2, 0) is 33.3 Å². The highest BCUT2D eigenvalue weighted by atomic mass is 35.5. The number of hydrogen-bond donors (Lipinski definition) is 1. The quantitative estimate of drug-likeness (QED) is 0.399. The Morgan fingerprint density at radius 1 is 1.14 bits per heavy atom. The van der Waals surface area contributed by atoms with Crippen molar-refractivity contribution >= 4 is 46.5 Å². The summed E-state index contributed by atoms with van der Waals surface area (Å²) < 4.78 is 23.0. The van der Waals surface area contributed by atoms with Crippen molar-refractivity contribution in [1.29, 1.82) is 0 Å². The molecule has 2 aromatic heterocycles. The zero-order valence-corrected chi connectivity index (χ0v) is 16.5. The van der Waals surface area contributed by atoms with Crippen LogP contribution in [0.25, 0.3) is 11.2 Å². The number of aromatic nitrogens is 4. The second-order valence-electron chi connectivity index (χ2n) is 6.22. The largest absolute Gasteiger partial charge is 0.463 e. The highest BCUT2D eigenvalue weighted by Crippen LogP contribution is 2.36. The molecule has 3 rings (SSSR count). The molecule has 0 aromatic carbocycles. The smallest absolute Gasteiger partial charge is 0.303 e. The first-order chi connectivity index (χ1) is 13.7. The van der Waals surface area contributed by atoms with E-state index in [1.54, 1.807) is 0 Å². The van der Waals surface area contributed by atoms with Crippen molar-refractivity contribution in [3.05, 3.63) is 11.6 Å². The van der Waals surface area contributed by atoms with Gasteiger partial charge in [-0.2, -0.15) is 9.97 Å². The molecule has 12 nitrogen and oxygen atoms in total. The van der Waals surface area contributed by atoms with Gasteiger partial charge in [-0.3, -0.25) is 19.0 Å². The minimum Gasteiger partial charge on any atom is -0.463 e. The number of nitrogens with two attached hydrogens (primary N) is 1. The van der Waals surface area contributed by atoms with Gasteiger partial charge in [0, 0.05) is 20.8 Å². The molecule has 29 heavy (non-hydrogen) atoms. The number of nitrogens with zero attached hydrogens (tertiary/aromatic N) is 4. The van der Waals surface area contributed by atoms with Crippen LogP contribution in [0.15, 0.2) is 6.33 Å². The van der Waals surface area contributed by atoms with Gasteiger partial charge in [0.05, 0.1) is 6.33 Å². The Hall–Kier alpha value is -2.99. The first-order valence-electron chi connectivity index (χ1n) is 8.46. The van der Waals surface area contributed by atoms with Crippen LogP contribution in [0.3, 0.4) is 0 Å². The summed E-state index contributed by atoms with van der Waals surface area (Å²) in [5.74, 6) is -1.77. The summed E-state index contributed by atoms with van der Waals surface area (Å²) in [6.07, 6.45) is -2.70. The van der Waals surface area contributed by atoms with Crippen molar-refractivity contribution in [3.63, 3.8) is 0 Å². The highest BCUT2D eigenvalue weighted by molar-refractivity contribution is 6.28. The molecular formula is C16H18ClN5O7. The van der Waals surface area contributed by atoms with Crippen molar-refractivity contribution in [3.8, 4) is 0 Å². The number of hydrogen-bond acceptors (Lipinski definition) is 11. The second-order valence-corrected chi connectivity index (χ2v) is 6.56. The van der Waals surface area contributed by atoms with Gasteiger partial charge in [0.15, 0.2) is 29.9 Å². The Balaban J connectivity index is 2.04. The monoisotopic (exact) mass is 427 g/mol. The van der Waals surface area contributed by atoms with E-state index in [0.717, 1.165) is 0 Å². The molecule has 0 bridgehead atoms. The average Bonchev–Trinajstić information content (AvgIpc) is 3.15. The molecule has 3 heterocycles. The van der Waals surface area contributed by atoms with Gasteiger partial charge in [-0.05, 0) is 11.6 Å². The maximum atomic E-state index is 11.7. The Morgan fingerprint density at radius 3 is 2.41 bits per heavy atom. The van der Waals surface area contributed by atoms with Crippen LogP contribution in [0.2, 0.25) is 5.28 Å². The number of carbonyl (C=O) groups excluding carboxylic acids is 3. The van der Waals surface area contributed by atoms with Crippen LogP contribution in [-0.4, -0.2) is 62.3 Å². The van der Waals surface area contributed by atoms with E-state index in [2.05, 4.69) is 15.0 Å². The van der Waals surface area contributed by atoms with Gasteiger partial charge in [0.2, 0.25) is 5.28 Å². The van der Waals surface area contributed by atoms with Crippen LogP contribution in [0.5, 0.6) is 0 Å². The van der Waals surface area contributed by atoms with Crippen molar-refractivity contribution in [1.82, 2.24) is 19.5 Å². The standard InChI is InChI=1S/C16H18ClN5O7/c1-6(23)26-4-9-11(27-7(2)24)12(28-8(3)25)15(29-9)22-5-19-10-13(18)20-16(17)21-14(10)22/h5,9,11-12,15H,4H2,1-3H3,(H2,18,20,21)/t9-,11-,12-,15-/m1/s1. The molecule has 0 radical (unpaired) electrons. The van der Waals surface area contributed by atoms with Crippen LogP contribution in [0.1, 0.15) is 27.0 Å². The molecule has 1 saturated heterocycles. The number of fused-ring (bicyclic) bond motifs is 1. The lowest BCUT2D eigenvalue weighted by Gasteiger charge is -2.23. The molecule has 2 aromatic rings. The fourth-order valence-electron chi connectivity index (χ4n) is 3.01. The normalized spacial score (nSPS) is 23.7. The zero-order chi connectivity index (χ0) is 21.3. The van der Waals surface area contributed by atoms with Gasteiger partial charge in [-0.25, -0.2) is 4.98 Å². The molecule has 13 heteroatoms. The summed E-state index contributed by atoms with van der Waals surface area (Å²) in [5.41, 5.74) is 6.30. The van der Waals surface area contributed by atoms with E-state index >= 15 is 0 Å². The van der Waals surface area contributed by atoms with Crippen molar-refractivity contribution in [2.75, 3.05) is 12.3 Å². The number of ether oxygens (including phenoxy) is 4. The van der Waals surface area contributed by atoms with Gasteiger partial charge >= 0.3 is 17.9 Å². The number of halogens is 1. The summed E-state index contributed by atoms with van der Waals surface area (Å²) in [6, 6.07) is 0. The number of nitrogen functional groups attached to an aromatic ring is 1. The first-order valence-corrected chi connectivity index (χ1v) is 8.84. The number of carbonyl (C=O) groups is 3. The van der Waals surface area contributed by atoms with Crippen molar-refractivity contribution in [2.24, 2.45) is 0 Å². The zero-order valence-electron chi connectivity index (χ0n) is 15.7. The lowest BCUT2D eigenvalue weighted by atomic mass is 10.1. The highest BCUT2D eigenvalue weighted by Gasteiger charge is 2.51. The van der Waals surface area contributed by atoms with Gasteiger partial charge in [0.25, 0.3) is 0 Å². The van der Waals surface area contributed by atoms with Gasteiger partial charge in [-0.15, -0.1) is 0 Å². The van der Waals surface area contributed by atoms with E-state index in [1.165, 1.54) is 31.7 Å². The maximum Gasteiger partial charge on any atom is 0.303 e. The molecule has 156 valence electrons. The third-order valence-corrected chi connectivity index (χ3v) is 4.20. The molecule has 0 aliphatic carbocycles. The second kappa shape index (κ2) is 8.17. The number of imidazole rings is 1. The minimum atomic E-state index is -1.08. The van der Waals surface area contributed by atoms with Crippen molar-refractivity contribution < 1.29 is 33.3 Å². The molecule has 0 saturated carbocycles. The number of esters is 3. The fraction of sp³-hybridized carbons (Fsp3) is 0.500. The van der Waals surface area contributed by atoms with Crippen molar-refractivity contribution in [2.45, 2.75) is 45.3 Å². The summed E-state index contributed by atoms with van der Waals surface area (Å²) in [7, 11) is 0. The SMILES string of the molecule is CC(=O)OC[C@H]1O[C@@H](n2cnc3c(N)nc(Cl)nc32)[C@H](OC(C)=O)[C@@H]1OC(C)=O. The number of rotatable bonds is 5. The summed E-state index contributed by atoms with van der Waals surface area (Å²) >= 11 is 5.89. The Morgan fingerprint density at radius 2 is 1.79 bits per heavy atom. The predicted octanol–water partition coefficient (Wildman–Crippen LogP) is 0.386. The summed E-state index contributed by atoms with van der Waals surface area (Å²) in [6.45, 7) is 3.39. The molecule has 0 unspecified atom stereocenters. The van der Waals surface area contributed by atoms with E-state index in [9.17, 15) is 14.4 Å². The van der Waals surface area contributed by atoms with E-state index in [0.29, 0.717) is 0 Å². The van der Waals surface area contributed by atoms with Gasteiger partial charge in [-0.1, -0.05) is 0 Å². The van der Waals surface area contributed by atoms with E-state index in [-0.39, 0.29) is 28.9 Å². The molecule has 0 spiro atoms. The Labute approximate surface area is 169 Å². The first kappa shape index (κ1) is 20.7. The molecule has 2 N–H and O–H groups in total. The Kier molecular flexibility index (Phi) is 5.84. The summed E-state index contributed by atoms with van der Waals surface area (Å²) in [5, 5.41) is -0.119. The topological polar surface area (TPSA) is 158 Å². The average molecular weight is 428 g/mol. The third kappa shape index (κ3) is 4.38.